The van der Waals surface area contributed by atoms with Gasteiger partial charge in [-0.25, -0.2) is 0 Å². The largest absolute Gasteiger partial charge is 0.765 e. The van der Waals surface area contributed by atoms with Crippen LogP contribution in [0.3, 0.4) is 0 Å². The highest BCUT2D eigenvalue weighted by atomic mass is 31.2. The molecule has 1 unspecified atom stereocenters. The van der Waals surface area contributed by atoms with Gasteiger partial charge in [0.05, 0.1) is 0 Å². The van der Waals surface area contributed by atoms with Crippen LogP contribution in [-0.2, 0) is 5.41 Å². The summed E-state index contributed by atoms with van der Waals surface area (Å²) in [6.07, 6.45) is 0. The summed E-state index contributed by atoms with van der Waals surface area (Å²) < 4.78 is 10.7. The fraction of sp³-hybridized carbons (Fsp3) is 0.250. The molecule has 106 valence electrons. The van der Waals surface area contributed by atoms with Crippen LogP contribution in [-0.4, -0.2) is 0 Å². The molecule has 0 aliphatic heterocycles. The Labute approximate surface area is 121 Å². The van der Waals surface area contributed by atoms with Gasteiger partial charge in [-0.05, 0) is 29.2 Å². The second-order valence-electron chi connectivity index (χ2n) is 5.47. The van der Waals surface area contributed by atoms with Crippen molar-refractivity contribution in [3.8, 4) is 11.5 Å². The Morgan fingerprint density at radius 2 is 1.45 bits per heavy atom. The standard InChI is InChI=1S/C16H18O3P/c1-16(2,3)14-11-7-8-12-15(14)19-20(17)18-13-9-5-4-6-10-13/h4-12H,1-3H3/q-1. The van der Waals surface area contributed by atoms with Crippen molar-refractivity contribution in [3.63, 3.8) is 0 Å². The first kappa shape index (κ1) is 14.8. The summed E-state index contributed by atoms with van der Waals surface area (Å²) in [6, 6.07) is 16.6. The highest BCUT2D eigenvalue weighted by molar-refractivity contribution is 7.39. The zero-order valence-electron chi connectivity index (χ0n) is 11.9. The van der Waals surface area contributed by atoms with Gasteiger partial charge in [0.1, 0.15) is 11.5 Å². The summed E-state index contributed by atoms with van der Waals surface area (Å²) in [5.74, 6) is 1.12. The average Bonchev–Trinajstić information content (AvgIpc) is 2.39. The maximum atomic E-state index is 12.0. The van der Waals surface area contributed by atoms with E-state index in [0.717, 1.165) is 5.56 Å². The van der Waals surface area contributed by atoms with Gasteiger partial charge in [0.15, 0.2) is 0 Å². The lowest BCUT2D eigenvalue weighted by Gasteiger charge is -2.27. The van der Waals surface area contributed by atoms with Crippen molar-refractivity contribution >= 4 is 8.60 Å². The molecule has 2 rings (SSSR count). The van der Waals surface area contributed by atoms with Gasteiger partial charge in [0.25, 0.3) is 0 Å². The van der Waals surface area contributed by atoms with Crippen molar-refractivity contribution in [2.45, 2.75) is 26.2 Å². The molecule has 4 heteroatoms. The van der Waals surface area contributed by atoms with Crippen LogP contribution in [0.2, 0.25) is 0 Å². The van der Waals surface area contributed by atoms with E-state index in [1.807, 2.05) is 42.5 Å². The summed E-state index contributed by atoms with van der Waals surface area (Å²) >= 11 is 0. The second kappa shape index (κ2) is 6.25. The molecule has 3 nitrogen and oxygen atoms in total. The molecule has 0 aliphatic carbocycles. The molecule has 0 N–H and O–H groups in total. The Morgan fingerprint density at radius 3 is 2.10 bits per heavy atom. The highest BCUT2D eigenvalue weighted by Gasteiger charge is 2.19. The molecular weight excluding hydrogens is 271 g/mol. The van der Waals surface area contributed by atoms with E-state index >= 15 is 0 Å². The van der Waals surface area contributed by atoms with E-state index in [0.29, 0.717) is 11.5 Å². The molecule has 2 aromatic carbocycles. The van der Waals surface area contributed by atoms with E-state index in [1.54, 1.807) is 12.1 Å². The van der Waals surface area contributed by atoms with Crippen molar-refractivity contribution in [2.75, 3.05) is 0 Å². The normalized spacial score (nSPS) is 12.8. The minimum atomic E-state index is -2.25. The number of para-hydroxylation sites is 2. The minimum Gasteiger partial charge on any atom is -0.765 e. The maximum Gasteiger partial charge on any atom is 0.210 e. The lowest BCUT2D eigenvalue weighted by atomic mass is 9.86. The molecule has 0 saturated heterocycles. The summed E-state index contributed by atoms with van der Waals surface area (Å²) in [7, 11) is -2.25. The fourth-order valence-electron chi connectivity index (χ4n) is 1.83. The van der Waals surface area contributed by atoms with E-state index in [2.05, 4.69) is 20.8 Å². The van der Waals surface area contributed by atoms with E-state index in [4.69, 9.17) is 9.05 Å². The average molecular weight is 289 g/mol. The molecule has 20 heavy (non-hydrogen) atoms. The molecule has 0 radical (unpaired) electrons. The minimum absolute atomic E-state index is 0.0838. The van der Waals surface area contributed by atoms with Crippen LogP contribution in [0.15, 0.2) is 54.6 Å². The van der Waals surface area contributed by atoms with Gasteiger partial charge in [0.2, 0.25) is 8.60 Å². The lowest BCUT2D eigenvalue weighted by molar-refractivity contribution is -0.189. The summed E-state index contributed by atoms with van der Waals surface area (Å²) in [6.45, 7) is 6.25. The zero-order valence-corrected chi connectivity index (χ0v) is 12.8. The van der Waals surface area contributed by atoms with Gasteiger partial charge in [-0.1, -0.05) is 57.2 Å². The molecule has 2 aromatic rings. The Kier molecular flexibility index (Phi) is 4.64. The topological polar surface area (TPSA) is 41.5 Å². The molecule has 1 atom stereocenters. The third-order valence-corrected chi connectivity index (χ3v) is 3.50. The van der Waals surface area contributed by atoms with Crippen LogP contribution >= 0.6 is 8.60 Å². The quantitative estimate of drug-likeness (QED) is 0.798. The first-order valence-electron chi connectivity index (χ1n) is 6.44. The van der Waals surface area contributed by atoms with E-state index in [-0.39, 0.29) is 5.41 Å². The van der Waals surface area contributed by atoms with E-state index < -0.39 is 8.60 Å². The van der Waals surface area contributed by atoms with Gasteiger partial charge < -0.3 is 13.9 Å². The first-order chi connectivity index (χ1) is 9.47. The smallest absolute Gasteiger partial charge is 0.210 e. The van der Waals surface area contributed by atoms with Gasteiger partial charge in [-0.2, -0.15) is 0 Å². The molecule has 0 heterocycles. The Balaban J connectivity index is 2.10. The van der Waals surface area contributed by atoms with Crippen LogP contribution < -0.4 is 13.9 Å². The number of rotatable bonds is 4. The Morgan fingerprint density at radius 1 is 0.850 bits per heavy atom. The Bertz CT molecular complexity index is 549. The van der Waals surface area contributed by atoms with Crippen molar-refractivity contribution < 1.29 is 13.9 Å². The Hall–Kier alpha value is -1.57. The number of hydrogen-bond acceptors (Lipinski definition) is 3. The van der Waals surface area contributed by atoms with Crippen molar-refractivity contribution in [1.82, 2.24) is 0 Å². The molecule has 0 saturated carbocycles. The molecule has 0 amide bonds. The summed E-state index contributed by atoms with van der Waals surface area (Å²) in [5.41, 5.74) is 0.916. The second-order valence-corrected chi connectivity index (χ2v) is 6.28. The van der Waals surface area contributed by atoms with Crippen LogP contribution in [0.25, 0.3) is 0 Å². The molecule has 0 aromatic heterocycles. The molecule has 0 bridgehead atoms. The van der Waals surface area contributed by atoms with Crippen molar-refractivity contribution in [1.29, 1.82) is 0 Å². The van der Waals surface area contributed by atoms with Gasteiger partial charge in [0, 0.05) is 0 Å². The predicted molar refractivity (Wildman–Crippen MR) is 79.8 cm³/mol. The zero-order chi connectivity index (χ0) is 14.6. The van der Waals surface area contributed by atoms with Crippen LogP contribution in [0, 0.1) is 0 Å². The van der Waals surface area contributed by atoms with E-state index in [1.165, 1.54) is 0 Å². The van der Waals surface area contributed by atoms with Gasteiger partial charge >= 0.3 is 0 Å². The van der Waals surface area contributed by atoms with Crippen molar-refractivity contribution in [2.24, 2.45) is 0 Å². The van der Waals surface area contributed by atoms with Crippen LogP contribution in [0.4, 0.5) is 0 Å². The maximum absolute atomic E-state index is 12.0. The van der Waals surface area contributed by atoms with E-state index in [9.17, 15) is 4.89 Å². The number of benzene rings is 2. The summed E-state index contributed by atoms with van der Waals surface area (Å²) in [4.78, 5) is 12.0. The predicted octanol–water partition coefficient (Wildman–Crippen LogP) is 4.03. The molecular formula is C16H18O3P-. The van der Waals surface area contributed by atoms with Gasteiger partial charge in [-0.15, -0.1) is 0 Å². The molecule has 0 aliphatic rings. The molecule has 0 spiro atoms. The fourth-order valence-corrected chi connectivity index (χ4v) is 2.48. The third kappa shape index (κ3) is 3.96. The SMILES string of the molecule is CC(C)(C)c1ccccc1OP([O-])Oc1ccccc1. The summed E-state index contributed by atoms with van der Waals surface area (Å²) in [5, 5.41) is 0. The van der Waals surface area contributed by atoms with Crippen LogP contribution in [0.5, 0.6) is 11.5 Å². The van der Waals surface area contributed by atoms with Crippen molar-refractivity contribution in [3.05, 3.63) is 60.2 Å². The first-order valence-corrected chi connectivity index (χ1v) is 7.54. The van der Waals surface area contributed by atoms with Crippen LogP contribution in [0.1, 0.15) is 26.3 Å². The highest BCUT2D eigenvalue weighted by Crippen LogP contribution is 2.38. The molecule has 0 fully saturated rings. The lowest BCUT2D eigenvalue weighted by Crippen LogP contribution is -2.14. The third-order valence-electron chi connectivity index (χ3n) is 2.79. The number of hydrogen-bond donors (Lipinski definition) is 0. The monoisotopic (exact) mass is 289 g/mol. The van der Waals surface area contributed by atoms with Gasteiger partial charge in [-0.3, -0.25) is 0 Å².